The van der Waals surface area contributed by atoms with Crippen LogP contribution in [0.1, 0.15) is 13.0 Å². The van der Waals surface area contributed by atoms with E-state index in [9.17, 15) is 0 Å². The summed E-state index contributed by atoms with van der Waals surface area (Å²) in [6.07, 6.45) is 3.09. The van der Waals surface area contributed by atoms with Crippen molar-refractivity contribution < 1.29 is 14.2 Å². The number of anilines is 1. The number of nitrogens with two attached hydrogens (primary N) is 1. The van der Waals surface area contributed by atoms with Crippen LogP contribution in [0.4, 0.5) is 5.82 Å². The highest BCUT2D eigenvalue weighted by Crippen LogP contribution is 2.22. The lowest BCUT2D eigenvalue weighted by Gasteiger charge is -2.29. The van der Waals surface area contributed by atoms with Crippen LogP contribution in [-0.2, 0) is 14.2 Å². The Bertz CT molecular complexity index is 564. The normalized spacial score (nSPS) is 23.8. The first kappa shape index (κ1) is 12.3. The van der Waals surface area contributed by atoms with Crippen LogP contribution >= 0.6 is 0 Å². The summed E-state index contributed by atoms with van der Waals surface area (Å²) < 4.78 is 18.1. The second-order valence-corrected chi connectivity index (χ2v) is 4.15. The van der Waals surface area contributed by atoms with Gasteiger partial charge in [-0.3, -0.25) is 0 Å². The number of nitrogens with zero attached hydrogens (tertiary/aromatic N) is 4. The summed E-state index contributed by atoms with van der Waals surface area (Å²) >= 11 is 0. The van der Waals surface area contributed by atoms with Gasteiger partial charge in [0.05, 0.1) is 25.6 Å². The molecule has 0 unspecified atom stereocenters. The first-order valence-electron chi connectivity index (χ1n) is 6.07. The Kier molecular flexibility index (Phi) is 3.28. The summed E-state index contributed by atoms with van der Waals surface area (Å²) in [6, 6.07) is -0.00370. The van der Waals surface area contributed by atoms with E-state index in [1.807, 2.05) is 11.5 Å². The van der Waals surface area contributed by atoms with E-state index in [1.165, 1.54) is 6.33 Å². The van der Waals surface area contributed by atoms with E-state index in [0.717, 1.165) is 0 Å². The molecule has 0 bridgehead atoms. The van der Waals surface area contributed by atoms with Crippen LogP contribution in [0.2, 0.25) is 0 Å². The monoisotopic (exact) mass is 265 g/mol. The topological polar surface area (TPSA) is 97.3 Å². The summed E-state index contributed by atoms with van der Waals surface area (Å²) in [4.78, 5) is 12.3. The van der Waals surface area contributed by atoms with E-state index in [-0.39, 0.29) is 6.04 Å². The van der Waals surface area contributed by atoms with E-state index in [0.29, 0.717) is 36.8 Å². The maximum absolute atomic E-state index is 5.75. The number of rotatable bonds is 3. The number of hydrogen-bond donors (Lipinski definition) is 1. The van der Waals surface area contributed by atoms with Gasteiger partial charge in [-0.15, -0.1) is 0 Å². The zero-order valence-electron chi connectivity index (χ0n) is 10.5. The molecule has 3 heterocycles. The van der Waals surface area contributed by atoms with Crippen molar-refractivity contribution in [2.24, 2.45) is 0 Å². The maximum atomic E-state index is 5.75. The lowest BCUT2D eigenvalue weighted by molar-refractivity contribution is -0.317. The van der Waals surface area contributed by atoms with E-state index >= 15 is 0 Å². The molecule has 19 heavy (non-hydrogen) atoms. The van der Waals surface area contributed by atoms with Gasteiger partial charge in [0.25, 0.3) is 6.48 Å². The van der Waals surface area contributed by atoms with Crippen LogP contribution in [0.5, 0.6) is 0 Å². The van der Waals surface area contributed by atoms with Gasteiger partial charge in [-0.2, -0.15) is 0 Å². The Morgan fingerprint density at radius 2 is 2.16 bits per heavy atom. The van der Waals surface area contributed by atoms with Crippen LogP contribution in [-0.4, -0.2) is 45.8 Å². The van der Waals surface area contributed by atoms with Gasteiger partial charge in [-0.25, -0.2) is 15.0 Å². The molecule has 3 rings (SSSR count). The summed E-state index contributed by atoms with van der Waals surface area (Å²) in [7, 11) is 0. The van der Waals surface area contributed by atoms with Crippen molar-refractivity contribution in [3.05, 3.63) is 12.7 Å². The van der Waals surface area contributed by atoms with Crippen molar-refractivity contribution in [2.45, 2.75) is 19.4 Å². The lowest BCUT2D eigenvalue weighted by Crippen LogP contribution is -2.35. The average Bonchev–Trinajstić information content (AvgIpc) is 2.85. The number of imidazole rings is 1. The fourth-order valence-electron chi connectivity index (χ4n) is 2.01. The minimum Gasteiger partial charge on any atom is -0.382 e. The third-order valence-corrected chi connectivity index (χ3v) is 2.93. The number of fused-ring (bicyclic) bond motifs is 1. The smallest absolute Gasteiger partial charge is 0.271 e. The lowest BCUT2D eigenvalue weighted by atomic mass is 10.3. The van der Waals surface area contributed by atoms with Gasteiger partial charge in [0.15, 0.2) is 11.5 Å². The van der Waals surface area contributed by atoms with Gasteiger partial charge in [-0.05, 0) is 6.92 Å². The van der Waals surface area contributed by atoms with Crippen molar-refractivity contribution >= 4 is 17.0 Å². The van der Waals surface area contributed by atoms with Crippen LogP contribution in [0.3, 0.4) is 0 Å². The first-order valence-corrected chi connectivity index (χ1v) is 6.07. The van der Waals surface area contributed by atoms with Crippen LogP contribution in [0.25, 0.3) is 11.2 Å². The molecule has 1 fully saturated rings. The second-order valence-electron chi connectivity index (χ2n) is 4.15. The van der Waals surface area contributed by atoms with Crippen LogP contribution in [0, 0.1) is 0 Å². The molecule has 2 aromatic heterocycles. The summed E-state index contributed by atoms with van der Waals surface area (Å²) in [5, 5.41) is 0. The molecule has 1 aliphatic rings. The molecule has 0 aliphatic carbocycles. The van der Waals surface area contributed by atoms with Gasteiger partial charge >= 0.3 is 0 Å². The summed E-state index contributed by atoms with van der Waals surface area (Å²) in [6.45, 7) is 2.80. The molecule has 0 saturated carbocycles. The van der Waals surface area contributed by atoms with Crippen LogP contribution in [0.15, 0.2) is 12.7 Å². The first-order chi connectivity index (χ1) is 9.29. The quantitative estimate of drug-likeness (QED) is 0.853. The SMILES string of the molecule is CCOC1OCC(n2cnc3c(N)ncnc32)CO1. The molecule has 2 N–H and O–H groups in total. The highest BCUT2D eigenvalue weighted by molar-refractivity contribution is 5.81. The molecule has 1 saturated heterocycles. The predicted octanol–water partition coefficient (Wildman–Crippen LogP) is 0.316. The Morgan fingerprint density at radius 1 is 1.37 bits per heavy atom. The number of hydrogen-bond acceptors (Lipinski definition) is 7. The Balaban J connectivity index is 1.80. The maximum Gasteiger partial charge on any atom is 0.271 e. The van der Waals surface area contributed by atoms with E-state index in [2.05, 4.69) is 15.0 Å². The second kappa shape index (κ2) is 5.08. The van der Waals surface area contributed by atoms with E-state index in [4.69, 9.17) is 19.9 Å². The Labute approximate surface area is 109 Å². The highest BCUT2D eigenvalue weighted by Gasteiger charge is 2.25. The predicted molar refractivity (Wildman–Crippen MR) is 66.1 cm³/mol. The van der Waals surface area contributed by atoms with E-state index in [1.54, 1.807) is 6.33 Å². The van der Waals surface area contributed by atoms with Crippen molar-refractivity contribution in [3.63, 3.8) is 0 Å². The molecular weight excluding hydrogens is 250 g/mol. The van der Waals surface area contributed by atoms with Gasteiger partial charge < -0.3 is 24.5 Å². The van der Waals surface area contributed by atoms with Crippen molar-refractivity contribution in [1.82, 2.24) is 19.5 Å². The highest BCUT2D eigenvalue weighted by atomic mass is 16.8. The van der Waals surface area contributed by atoms with Gasteiger partial charge in [0.1, 0.15) is 11.8 Å². The number of nitrogen functional groups attached to an aromatic ring is 1. The molecule has 0 atom stereocenters. The summed E-state index contributed by atoms with van der Waals surface area (Å²) in [5.74, 6) is 0.369. The molecule has 102 valence electrons. The average molecular weight is 265 g/mol. The van der Waals surface area contributed by atoms with Gasteiger partial charge in [0.2, 0.25) is 0 Å². The molecule has 8 heteroatoms. The number of ether oxygens (including phenoxy) is 3. The fourth-order valence-corrected chi connectivity index (χ4v) is 2.01. The van der Waals surface area contributed by atoms with E-state index < -0.39 is 6.48 Å². The minimum atomic E-state index is -0.587. The Hall–Kier alpha value is -1.77. The molecule has 1 aliphatic heterocycles. The standard InChI is InChI=1S/C11H15N5O3/c1-2-17-11-18-3-7(4-19-11)16-6-15-8-9(12)13-5-14-10(8)16/h5-7,11H,2-4H2,1H3,(H2,12,13,14). The van der Waals surface area contributed by atoms with Crippen molar-refractivity contribution in [2.75, 3.05) is 25.6 Å². The zero-order valence-corrected chi connectivity index (χ0v) is 10.5. The molecule has 2 aromatic rings. The summed E-state index contributed by atoms with van der Waals surface area (Å²) in [5.41, 5.74) is 7.02. The largest absolute Gasteiger partial charge is 0.382 e. The van der Waals surface area contributed by atoms with Crippen molar-refractivity contribution in [1.29, 1.82) is 0 Å². The van der Waals surface area contributed by atoms with Gasteiger partial charge in [-0.1, -0.05) is 0 Å². The van der Waals surface area contributed by atoms with Gasteiger partial charge in [0, 0.05) is 6.61 Å². The van der Waals surface area contributed by atoms with Crippen molar-refractivity contribution in [3.8, 4) is 0 Å². The Morgan fingerprint density at radius 3 is 2.89 bits per heavy atom. The number of aromatic nitrogens is 4. The molecule has 0 spiro atoms. The minimum absolute atomic E-state index is 0.00370. The molecular formula is C11H15N5O3. The molecule has 0 radical (unpaired) electrons. The third kappa shape index (κ3) is 2.25. The fraction of sp³-hybridized carbons (Fsp3) is 0.545. The van der Waals surface area contributed by atoms with Crippen LogP contribution < -0.4 is 5.73 Å². The third-order valence-electron chi connectivity index (χ3n) is 2.93. The molecule has 8 nitrogen and oxygen atoms in total. The molecule has 0 amide bonds. The zero-order chi connectivity index (χ0) is 13.2. The molecule has 0 aromatic carbocycles.